The Morgan fingerprint density at radius 3 is 2.51 bits per heavy atom. The molecule has 0 aliphatic heterocycles. The van der Waals surface area contributed by atoms with E-state index in [4.69, 9.17) is 11.3 Å². The van der Waals surface area contributed by atoms with Gasteiger partial charge in [0.15, 0.2) is 6.61 Å². The van der Waals surface area contributed by atoms with Crippen molar-refractivity contribution < 1.29 is 29.4 Å². The van der Waals surface area contributed by atoms with Crippen molar-refractivity contribution in [3.63, 3.8) is 0 Å². The molecule has 9 nitrogen and oxygen atoms in total. The summed E-state index contributed by atoms with van der Waals surface area (Å²) in [6.45, 7) is 7.84. The van der Waals surface area contributed by atoms with Crippen molar-refractivity contribution in [3.8, 4) is 12.3 Å². The summed E-state index contributed by atoms with van der Waals surface area (Å²) in [5.41, 5.74) is 1.09. The molecule has 0 saturated heterocycles. The van der Waals surface area contributed by atoms with Gasteiger partial charge in [-0.05, 0) is 105 Å². The quantitative estimate of drug-likeness (QED) is 0.202. The molecular weight excluding hydrogens is 566 g/mol. The largest absolute Gasteiger partial charge is 0.480 e. The zero-order valence-electron chi connectivity index (χ0n) is 26.3. The number of carboxylic acids is 1. The van der Waals surface area contributed by atoms with E-state index < -0.39 is 35.5 Å². The number of allylic oxidation sites excluding steroid dienone is 2. The Hall–Kier alpha value is -2.51. The Morgan fingerprint density at radius 2 is 1.86 bits per heavy atom. The number of aliphatic hydroxyl groups is 1. The van der Waals surface area contributed by atoms with Crippen LogP contribution >= 0.6 is 11.8 Å². The van der Waals surface area contributed by atoms with Gasteiger partial charge >= 0.3 is 5.97 Å². The van der Waals surface area contributed by atoms with Gasteiger partial charge in [0.2, 0.25) is 5.91 Å². The van der Waals surface area contributed by atoms with Crippen LogP contribution in [0.1, 0.15) is 85.5 Å². The number of carbonyl (C=O) groups is 3. The summed E-state index contributed by atoms with van der Waals surface area (Å²) in [5.74, 6) is 2.55. The van der Waals surface area contributed by atoms with Crippen LogP contribution in [0.5, 0.6) is 0 Å². The predicted octanol–water partition coefficient (Wildman–Crippen LogP) is 4.15. The van der Waals surface area contributed by atoms with E-state index in [0.717, 1.165) is 50.7 Å². The van der Waals surface area contributed by atoms with E-state index in [1.807, 2.05) is 6.26 Å². The molecule has 0 radical (unpaired) electrons. The van der Waals surface area contributed by atoms with Crippen LogP contribution in [0.25, 0.3) is 0 Å². The monoisotopic (exact) mass is 615 g/mol. The highest BCUT2D eigenvalue weighted by Gasteiger charge is 2.63. The van der Waals surface area contributed by atoms with Crippen molar-refractivity contribution in [2.45, 2.75) is 103 Å². The molecule has 4 aliphatic rings. The van der Waals surface area contributed by atoms with E-state index in [2.05, 4.69) is 41.6 Å². The number of thioether (sulfide) groups is 1. The van der Waals surface area contributed by atoms with Crippen molar-refractivity contribution >= 4 is 35.3 Å². The van der Waals surface area contributed by atoms with Crippen LogP contribution in [0.3, 0.4) is 0 Å². The first-order valence-electron chi connectivity index (χ1n) is 15.7. The second-order valence-electron chi connectivity index (χ2n) is 13.8. The van der Waals surface area contributed by atoms with Gasteiger partial charge in [-0.1, -0.05) is 44.3 Å². The van der Waals surface area contributed by atoms with E-state index in [-0.39, 0.29) is 23.4 Å². The molecule has 8 atom stereocenters. The van der Waals surface area contributed by atoms with Crippen LogP contribution in [-0.2, 0) is 19.2 Å². The normalized spacial score (nSPS) is 35.4. The average Bonchev–Trinajstić information content (AvgIpc) is 3.24. The molecule has 0 aromatic rings. The molecule has 2 amide bonds. The van der Waals surface area contributed by atoms with Crippen molar-refractivity contribution in [2.24, 2.45) is 39.7 Å². The lowest BCUT2D eigenvalue weighted by atomic mass is 9.46. The maximum Gasteiger partial charge on any atom is 0.326 e. The van der Waals surface area contributed by atoms with Crippen molar-refractivity contribution in [1.29, 1.82) is 0 Å². The molecule has 4 aliphatic carbocycles. The summed E-state index contributed by atoms with van der Waals surface area (Å²) in [6, 6.07) is -1.90. The summed E-state index contributed by atoms with van der Waals surface area (Å²) in [5, 5.41) is 30.2. The zero-order valence-corrected chi connectivity index (χ0v) is 27.1. The number of carboxylic acid groups (broad SMARTS) is 1. The summed E-state index contributed by atoms with van der Waals surface area (Å²) in [4.78, 5) is 42.5. The molecule has 3 saturated carbocycles. The zero-order chi connectivity index (χ0) is 31.6. The molecule has 10 heteroatoms. The Labute approximate surface area is 260 Å². The lowest BCUT2D eigenvalue weighted by Crippen LogP contribution is -2.54. The van der Waals surface area contributed by atoms with Gasteiger partial charge in [0, 0.05) is 5.41 Å². The van der Waals surface area contributed by atoms with E-state index >= 15 is 0 Å². The number of hydrogen-bond acceptors (Lipinski definition) is 7. The minimum atomic E-state index is -1.10. The van der Waals surface area contributed by atoms with Gasteiger partial charge in [-0.3, -0.25) is 9.59 Å². The van der Waals surface area contributed by atoms with Crippen LogP contribution in [0, 0.1) is 46.8 Å². The molecular formula is C33H49N3O6S. The number of rotatable bonds is 11. The van der Waals surface area contributed by atoms with Crippen molar-refractivity contribution in [2.75, 3.05) is 18.6 Å². The fourth-order valence-electron chi connectivity index (χ4n) is 8.57. The van der Waals surface area contributed by atoms with Crippen LogP contribution in [0.15, 0.2) is 16.8 Å². The molecule has 4 N–H and O–H groups in total. The standard InChI is InChI=1S/C33H49N3O6S/c1-7-33(41)16-12-25-23-9-8-21-18-22(10-14-31(21,4)24(23)11-15-32(25,33)5)36-42-19-27(37)35-28(20(2)3)29(38)34-26(30(39)40)13-17-43-6/h1,18,20,23-26,28,41H,8-17,19H2,2-6H3,(H,34,38)(H,35,37)(H,39,40)/b36-22+/t23-,24+,25+,26+,28-,31+,32+,33-/m1/s1. The van der Waals surface area contributed by atoms with Gasteiger partial charge in [0.05, 0.1) is 5.71 Å². The third-order valence-electron chi connectivity index (χ3n) is 11.2. The minimum absolute atomic E-state index is 0.0823. The number of oxime groups is 1. The Balaban J connectivity index is 1.34. The maximum absolute atomic E-state index is 12.8. The topological polar surface area (TPSA) is 137 Å². The highest BCUT2D eigenvalue weighted by molar-refractivity contribution is 7.98. The molecule has 0 aromatic heterocycles. The van der Waals surface area contributed by atoms with Crippen LogP contribution < -0.4 is 10.6 Å². The van der Waals surface area contributed by atoms with E-state index in [9.17, 15) is 24.6 Å². The molecule has 3 fully saturated rings. The number of amides is 2. The molecule has 0 heterocycles. The fourth-order valence-corrected chi connectivity index (χ4v) is 9.05. The smallest absolute Gasteiger partial charge is 0.326 e. The van der Waals surface area contributed by atoms with Crippen LogP contribution in [-0.4, -0.2) is 70.0 Å². The van der Waals surface area contributed by atoms with Gasteiger partial charge < -0.3 is 25.7 Å². The summed E-state index contributed by atoms with van der Waals surface area (Å²) in [7, 11) is 0. The molecule has 0 aromatic carbocycles. The second kappa shape index (κ2) is 13.2. The van der Waals surface area contributed by atoms with E-state index in [1.165, 1.54) is 17.3 Å². The minimum Gasteiger partial charge on any atom is -0.480 e. The Kier molecular flexibility index (Phi) is 10.3. The SMILES string of the molecule is C#C[C@@]1(O)CC[C@H]2[C@@H]3CCC4=C/C(=N/OCC(=O)N[C@@H](C(=O)N[C@@H](CCSC)C(=O)O)C(C)C)CC[C@]4(C)[C@H]3CC[C@@]21C. The first kappa shape index (κ1) is 33.4. The first-order valence-corrected chi connectivity index (χ1v) is 17.1. The molecule has 0 spiro atoms. The third kappa shape index (κ3) is 6.49. The summed E-state index contributed by atoms with van der Waals surface area (Å²) >= 11 is 1.50. The summed E-state index contributed by atoms with van der Waals surface area (Å²) < 4.78 is 0. The predicted molar refractivity (Wildman–Crippen MR) is 168 cm³/mol. The maximum atomic E-state index is 12.8. The van der Waals surface area contributed by atoms with Gasteiger partial charge in [0.1, 0.15) is 17.7 Å². The van der Waals surface area contributed by atoms with Gasteiger partial charge in [0.25, 0.3) is 5.91 Å². The van der Waals surface area contributed by atoms with Crippen molar-refractivity contribution in [1.82, 2.24) is 10.6 Å². The molecule has 43 heavy (non-hydrogen) atoms. The number of aliphatic carboxylic acids is 1. The number of fused-ring (bicyclic) bond motifs is 5. The number of nitrogens with one attached hydrogen (secondary N) is 2. The van der Waals surface area contributed by atoms with Gasteiger partial charge in [-0.25, -0.2) is 4.79 Å². The van der Waals surface area contributed by atoms with Crippen LogP contribution in [0.4, 0.5) is 0 Å². The van der Waals surface area contributed by atoms with Crippen molar-refractivity contribution in [3.05, 3.63) is 11.6 Å². The number of nitrogens with zero attached hydrogens (tertiary/aromatic N) is 1. The van der Waals surface area contributed by atoms with E-state index in [1.54, 1.807) is 13.8 Å². The summed E-state index contributed by atoms with van der Waals surface area (Å²) in [6.07, 6.45) is 17.6. The van der Waals surface area contributed by atoms with Crippen LogP contribution in [0.2, 0.25) is 0 Å². The lowest BCUT2D eigenvalue weighted by Gasteiger charge is -2.58. The van der Waals surface area contributed by atoms with Gasteiger partial charge in [-0.2, -0.15) is 11.8 Å². The Morgan fingerprint density at radius 1 is 1.14 bits per heavy atom. The highest BCUT2D eigenvalue weighted by Crippen LogP contribution is 2.67. The lowest BCUT2D eigenvalue weighted by molar-refractivity contribution is -0.142. The molecule has 0 unspecified atom stereocenters. The molecule has 0 bridgehead atoms. The molecule has 4 rings (SSSR count). The second-order valence-corrected chi connectivity index (χ2v) is 14.8. The average molecular weight is 616 g/mol. The molecule has 238 valence electrons. The first-order chi connectivity index (χ1) is 20.3. The third-order valence-corrected chi connectivity index (χ3v) is 11.9. The highest BCUT2D eigenvalue weighted by atomic mass is 32.2. The Bertz CT molecular complexity index is 1200. The number of terminal acetylenes is 1. The number of hydrogen-bond donors (Lipinski definition) is 4. The fraction of sp³-hybridized carbons (Fsp3) is 0.758. The number of carbonyl (C=O) groups excluding carboxylic acids is 2. The van der Waals surface area contributed by atoms with Gasteiger partial charge in [-0.15, -0.1) is 6.42 Å². The van der Waals surface area contributed by atoms with E-state index in [0.29, 0.717) is 36.3 Å².